The predicted molar refractivity (Wildman–Crippen MR) is 301 cm³/mol. The van der Waals surface area contributed by atoms with E-state index in [0.29, 0.717) is 22.9 Å². The standard InChI is InChI=1S/C68H68N3O.Pt/c1-67(2,3)56-43-59(65(72)60(44-56)68(4,5)6)66-70-64-57(27-18-28-63(64)71(66)62-34-29-46(37-45-19-16-17-20-45)38-58(62)51-25-14-9-15-26-51)54-39-53(48-23-12-8-13-24-48)40-55(41-54)61-42-52(35-36-69-61)50-32-30-49(31-33-50)47-21-10-7-11-22-47;/h8-9,12-15,18,23-36,38-40,42-45,47,72H,7,10-11,16-17,19-22,37H2,1-6H3;/q-1;/i37D2;. The van der Waals surface area contributed by atoms with Gasteiger partial charge in [-0.2, -0.15) is 0 Å². The summed E-state index contributed by atoms with van der Waals surface area (Å²) in [5.74, 6) is 1.42. The van der Waals surface area contributed by atoms with Crippen LogP contribution in [0.25, 0.3) is 83.9 Å². The van der Waals surface area contributed by atoms with Crippen molar-refractivity contribution in [3.05, 3.63) is 192 Å². The largest absolute Gasteiger partial charge is 0.507 e. The fraction of sp³-hybridized carbons (Fsp3) is 0.294. The Kier molecular flexibility index (Phi) is 13.6. The molecule has 2 aliphatic rings. The molecule has 1 N–H and O–H groups in total. The van der Waals surface area contributed by atoms with Crippen LogP contribution in [0.15, 0.2) is 164 Å². The Hall–Kier alpha value is -6.35. The number of benzene rings is 7. The maximum absolute atomic E-state index is 12.7. The molecular weight excluding hydrogens is 1070 g/mol. The molecule has 5 heteroatoms. The van der Waals surface area contributed by atoms with E-state index in [1.165, 1.54) is 43.2 Å². The van der Waals surface area contributed by atoms with E-state index < -0.39 is 6.37 Å². The van der Waals surface area contributed by atoms with Crippen molar-refractivity contribution in [2.45, 2.75) is 122 Å². The molecule has 2 aliphatic carbocycles. The van der Waals surface area contributed by atoms with E-state index in [0.717, 1.165) is 104 Å². The Labute approximate surface area is 451 Å². The fourth-order valence-corrected chi connectivity index (χ4v) is 11.3. The molecule has 0 radical (unpaired) electrons. The molecule has 0 amide bonds. The predicted octanol–water partition coefficient (Wildman–Crippen LogP) is 18.3. The third-order valence-corrected chi connectivity index (χ3v) is 15.4. The summed E-state index contributed by atoms with van der Waals surface area (Å²) in [4.78, 5) is 10.7. The second-order valence-electron chi connectivity index (χ2n) is 22.5. The van der Waals surface area contributed by atoms with E-state index in [4.69, 9.17) is 9.97 Å². The molecule has 2 heterocycles. The molecule has 0 aliphatic heterocycles. The van der Waals surface area contributed by atoms with Crippen molar-refractivity contribution >= 4 is 11.0 Å². The molecule has 0 saturated heterocycles. The number of pyridine rings is 1. The molecule has 2 fully saturated rings. The Morgan fingerprint density at radius 3 is 1.96 bits per heavy atom. The number of rotatable bonds is 10. The Balaban J connectivity index is 0.00000641. The molecule has 9 aromatic rings. The van der Waals surface area contributed by atoms with Crippen LogP contribution in [0, 0.1) is 12.0 Å². The molecule has 4 nitrogen and oxygen atoms in total. The number of aromatic nitrogens is 3. The maximum Gasteiger partial charge on any atom is 0.148 e. The van der Waals surface area contributed by atoms with Gasteiger partial charge in [0.05, 0.1) is 22.3 Å². The minimum atomic E-state index is -1.50. The van der Waals surface area contributed by atoms with E-state index >= 15 is 0 Å². The van der Waals surface area contributed by atoms with Gasteiger partial charge < -0.3 is 5.11 Å². The van der Waals surface area contributed by atoms with Gasteiger partial charge in [-0.1, -0.05) is 218 Å². The van der Waals surface area contributed by atoms with Crippen LogP contribution in [0.1, 0.15) is 130 Å². The molecule has 2 aromatic heterocycles. The summed E-state index contributed by atoms with van der Waals surface area (Å²) in [5, 5.41) is 12.7. The number of para-hydroxylation sites is 1. The van der Waals surface area contributed by atoms with E-state index in [2.05, 4.69) is 180 Å². The van der Waals surface area contributed by atoms with Crippen molar-refractivity contribution < 1.29 is 28.9 Å². The number of nitrogens with zero attached hydrogens (tertiary/aromatic N) is 3. The van der Waals surface area contributed by atoms with Crippen LogP contribution in [0.4, 0.5) is 0 Å². The average Bonchev–Trinajstić information content (AvgIpc) is 4.11. The van der Waals surface area contributed by atoms with E-state index in [1.54, 1.807) is 0 Å². The van der Waals surface area contributed by atoms with Crippen LogP contribution in [0.2, 0.25) is 0 Å². The van der Waals surface area contributed by atoms with Crippen LogP contribution in [0.3, 0.4) is 0 Å². The van der Waals surface area contributed by atoms with Crippen LogP contribution in [0.5, 0.6) is 5.75 Å². The number of fused-ring (bicyclic) bond motifs is 1. The average molecular weight is 1140 g/mol. The molecule has 73 heavy (non-hydrogen) atoms. The van der Waals surface area contributed by atoms with Crippen molar-refractivity contribution in [1.82, 2.24) is 14.5 Å². The number of hydrogen-bond donors (Lipinski definition) is 1. The summed E-state index contributed by atoms with van der Waals surface area (Å²) in [6.45, 7) is 13.1. The van der Waals surface area contributed by atoms with E-state index in [1.807, 2.05) is 36.5 Å². The van der Waals surface area contributed by atoms with Gasteiger partial charge in [0, 0.05) is 46.8 Å². The first-order valence-corrected chi connectivity index (χ1v) is 26.4. The second-order valence-corrected chi connectivity index (χ2v) is 22.5. The number of imidazole rings is 1. The molecular formula is C68H68N3OPt-. The van der Waals surface area contributed by atoms with Crippen molar-refractivity contribution in [1.29, 1.82) is 0 Å². The molecule has 11 rings (SSSR count). The van der Waals surface area contributed by atoms with Gasteiger partial charge in [0.25, 0.3) is 0 Å². The normalized spacial score (nSPS) is 15.3. The fourth-order valence-electron chi connectivity index (χ4n) is 11.3. The zero-order valence-corrected chi connectivity index (χ0v) is 45.5. The Morgan fingerprint density at radius 1 is 0.589 bits per heavy atom. The number of phenols is 1. The van der Waals surface area contributed by atoms with E-state index in [-0.39, 0.29) is 43.6 Å². The summed E-state index contributed by atoms with van der Waals surface area (Å²) in [6.07, 6.45) is 10.8. The first-order chi connectivity index (χ1) is 35.6. The Bertz CT molecular complexity index is 3480. The topological polar surface area (TPSA) is 50.9 Å². The third kappa shape index (κ3) is 10.4. The summed E-state index contributed by atoms with van der Waals surface area (Å²) in [5.41, 5.74) is 16.3. The van der Waals surface area contributed by atoms with Gasteiger partial charge in [0.1, 0.15) is 11.6 Å². The minimum Gasteiger partial charge on any atom is -0.507 e. The van der Waals surface area contributed by atoms with Crippen molar-refractivity contribution in [3.63, 3.8) is 0 Å². The van der Waals surface area contributed by atoms with E-state index in [9.17, 15) is 7.85 Å². The quantitative estimate of drug-likeness (QED) is 0.139. The van der Waals surface area contributed by atoms with Gasteiger partial charge in [-0.3, -0.25) is 9.55 Å². The van der Waals surface area contributed by atoms with Crippen LogP contribution < -0.4 is 0 Å². The van der Waals surface area contributed by atoms with Gasteiger partial charge >= 0.3 is 0 Å². The van der Waals surface area contributed by atoms with Gasteiger partial charge in [-0.25, -0.2) is 4.98 Å². The first kappa shape index (κ1) is 47.6. The molecule has 0 spiro atoms. The van der Waals surface area contributed by atoms with Gasteiger partial charge in [0.2, 0.25) is 0 Å². The van der Waals surface area contributed by atoms with Crippen LogP contribution in [-0.2, 0) is 38.3 Å². The zero-order chi connectivity index (χ0) is 51.4. The molecule has 0 atom stereocenters. The minimum absolute atomic E-state index is 0. The maximum atomic E-state index is 12.7. The van der Waals surface area contributed by atoms with Crippen LogP contribution >= 0.6 is 0 Å². The SMILES string of the molecule is [2H]C([2H])(c1ccc(-n2c(-c3cc(C(C)(C)C)cc(C(C)(C)C)c3O)nc3c(-c4[c-]c(-c5cc(-c6ccc(C7CCCCC7)cc6)ccn5)cc(-c5ccccc5)c4)cccc32)c(-c2ccccc2)c1)C1CCCC1.[Pt]. The van der Waals surface area contributed by atoms with Gasteiger partial charge in [-0.15, -0.1) is 23.8 Å². The summed E-state index contributed by atoms with van der Waals surface area (Å²) in [6, 6.07) is 59.4. The smallest absolute Gasteiger partial charge is 0.148 e. The van der Waals surface area contributed by atoms with Crippen molar-refractivity contribution in [2.24, 2.45) is 5.92 Å². The molecule has 2 saturated carbocycles. The van der Waals surface area contributed by atoms with Crippen LogP contribution in [-0.4, -0.2) is 19.6 Å². The van der Waals surface area contributed by atoms with Crippen molar-refractivity contribution in [3.8, 4) is 78.6 Å². The number of hydrogen-bond acceptors (Lipinski definition) is 3. The second kappa shape index (κ2) is 20.9. The van der Waals surface area contributed by atoms with Gasteiger partial charge in [-0.05, 0) is 111 Å². The Morgan fingerprint density at radius 2 is 1.26 bits per heavy atom. The molecule has 0 bridgehead atoms. The number of aromatic hydroxyl groups is 1. The third-order valence-electron chi connectivity index (χ3n) is 15.4. The zero-order valence-electron chi connectivity index (χ0n) is 45.2. The molecule has 372 valence electrons. The van der Waals surface area contributed by atoms with Crippen molar-refractivity contribution in [2.75, 3.05) is 0 Å². The molecule has 7 aromatic carbocycles. The summed E-state index contributed by atoms with van der Waals surface area (Å²) < 4.78 is 21.3. The monoisotopic (exact) mass is 1140 g/mol. The van der Waals surface area contributed by atoms with Gasteiger partial charge in [0.15, 0.2) is 0 Å². The molecule has 0 unspecified atom stereocenters. The summed E-state index contributed by atoms with van der Waals surface area (Å²) in [7, 11) is 0. The number of phenolic OH excluding ortho intramolecular Hbond substituents is 1. The first-order valence-electron chi connectivity index (χ1n) is 27.4. The summed E-state index contributed by atoms with van der Waals surface area (Å²) >= 11 is 0.